The number of halogens is 1. The van der Waals surface area contributed by atoms with E-state index in [1.165, 1.54) is 12.1 Å². The first kappa shape index (κ1) is 14.1. The zero-order chi connectivity index (χ0) is 13.9. The van der Waals surface area contributed by atoms with Gasteiger partial charge in [-0.15, -0.1) is 0 Å². The summed E-state index contributed by atoms with van der Waals surface area (Å²) in [6.45, 7) is 3.33. The zero-order valence-electron chi connectivity index (χ0n) is 10.3. The van der Waals surface area contributed by atoms with E-state index in [1.807, 2.05) is 0 Å². The van der Waals surface area contributed by atoms with Crippen molar-refractivity contribution in [3.8, 4) is 0 Å². The Bertz CT molecular complexity index is 486. The van der Waals surface area contributed by atoms with E-state index in [4.69, 9.17) is 11.5 Å². The van der Waals surface area contributed by atoms with E-state index in [1.54, 1.807) is 13.8 Å². The molecule has 1 rings (SSSR count). The van der Waals surface area contributed by atoms with Gasteiger partial charge in [-0.2, -0.15) is 0 Å². The summed E-state index contributed by atoms with van der Waals surface area (Å²) in [4.78, 5) is 21.9. The molecule has 0 saturated carbocycles. The highest BCUT2D eigenvalue weighted by molar-refractivity contribution is 5.92. The van der Waals surface area contributed by atoms with Gasteiger partial charge in [0.2, 0.25) is 11.8 Å². The topological polar surface area (TPSA) is 98.2 Å². The van der Waals surface area contributed by atoms with E-state index in [-0.39, 0.29) is 12.1 Å². The van der Waals surface area contributed by atoms with Gasteiger partial charge >= 0.3 is 0 Å². The number of primary amides is 2. The predicted octanol–water partition coefficient (Wildman–Crippen LogP) is 0.278. The molecule has 5 N–H and O–H groups in total. The minimum absolute atomic E-state index is 0.102. The molecule has 0 aromatic heterocycles. The maximum atomic E-state index is 13.6. The van der Waals surface area contributed by atoms with Gasteiger partial charge < -0.3 is 11.5 Å². The van der Waals surface area contributed by atoms with Gasteiger partial charge in [0.05, 0.1) is 5.54 Å². The summed E-state index contributed by atoms with van der Waals surface area (Å²) >= 11 is 0. The molecule has 0 aliphatic heterocycles. The molecule has 98 valence electrons. The van der Waals surface area contributed by atoms with Crippen molar-refractivity contribution in [2.45, 2.75) is 25.9 Å². The van der Waals surface area contributed by atoms with E-state index in [2.05, 4.69) is 5.32 Å². The van der Waals surface area contributed by atoms with Crippen LogP contribution < -0.4 is 16.8 Å². The average Bonchev–Trinajstić information content (AvgIpc) is 2.26. The van der Waals surface area contributed by atoms with Crippen LogP contribution in [-0.2, 0) is 11.3 Å². The Kier molecular flexibility index (Phi) is 4.03. The number of rotatable bonds is 5. The molecule has 5 nitrogen and oxygen atoms in total. The standard InChI is InChI=1S/C12H16FN3O2/c1-12(2,11(15)18)16-6-8-4-3-7(10(14)17)5-9(8)13/h3-5,16H,6H2,1-2H3,(H2,14,17)(H2,15,18). The largest absolute Gasteiger partial charge is 0.368 e. The minimum Gasteiger partial charge on any atom is -0.368 e. The molecule has 0 radical (unpaired) electrons. The summed E-state index contributed by atoms with van der Waals surface area (Å²) in [6.07, 6.45) is 0. The first-order valence-corrected chi connectivity index (χ1v) is 5.37. The molecule has 0 bridgehead atoms. The van der Waals surface area contributed by atoms with Crippen molar-refractivity contribution < 1.29 is 14.0 Å². The van der Waals surface area contributed by atoms with Crippen LogP contribution in [0.3, 0.4) is 0 Å². The lowest BCUT2D eigenvalue weighted by Gasteiger charge is -2.22. The Morgan fingerprint density at radius 3 is 2.39 bits per heavy atom. The van der Waals surface area contributed by atoms with Crippen LogP contribution in [0.2, 0.25) is 0 Å². The fraction of sp³-hybridized carbons (Fsp3) is 0.333. The van der Waals surface area contributed by atoms with Crippen LogP contribution in [0.1, 0.15) is 29.8 Å². The molecule has 0 heterocycles. The number of carbonyl (C=O) groups is 2. The van der Waals surface area contributed by atoms with Crippen LogP contribution in [0.5, 0.6) is 0 Å². The lowest BCUT2D eigenvalue weighted by atomic mass is 10.0. The lowest BCUT2D eigenvalue weighted by Crippen LogP contribution is -2.50. The molecule has 6 heteroatoms. The molecule has 1 aromatic rings. The number of carbonyl (C=O) groups excluding carboxylic acids is 2. The van der Waals surface area contributed by atoms with Gasteiger partial charge in [0.25, 0.3) is 0 Å². The monoisotopic (exact) mass is 253 g/mol. The third kappa shape index (κ3) is 3.27. The Morgan fingerprint density at radius 2 is 1.94 bits per heavy atom. The van der Waals surface area contributed by atoms with Gasteiger partial charge in [0.1, 0.15) is 5.82 Å². The number of amides is 2. The van der Waals surface area contributed by atoms with Crippen molar-refractivity contribution in [2.75, 3.05) is 0 Å². The van der Waals surface area contributed by atoms with E-state index in [9.17, 15) is 14.0 Å². The zero-order valence-corrected chi connectivity index (χ0v) is 10.3. The van der Waals surface area contributed by atoms with Crippen molar-refractivity contribution >= 4 is 11.8 Å². The molecule has 0 aliphatic rings. The minimum atomic E-state index is -0.936. The molecule has 18 heavy (non-hydrogen) atoms. The number of hydrogen-bond acceptors (Lipinski definition) is 3. The molecule has 0 spiro atoms. The lowest BCUT2D eigenvalue weighted by molar-refractivity contribution is -0.123. The Morgan fingerprint density at radius 1 is 1.33 bits per heavy atom. The van der Waals surface area contributed by atoms with Crippen LogP contribution in [0.4, 0.5) is 4.39 Å². The summed E-state index contributed by atoms with van der Waals surface area (Å²) in [5.74, 6) is -1.78. The predicted molar refractivity (Wildman–Crippen MR) is 65.0 cm³/mol. The first-order chi connectivity index (χ1) is 8.24. The quantitative estimate of drug-likeness (QED) is 0.702. The molecule has 0 atom stereocenters. The van der Waals surface area contributed by atoms with E-state index < -0.39 is 23.2 Å². The normalized spacial score (nSPS) is 11.3. The number of nitrogens with one attached hydrogen (secondary N) is 1. The molecule has 0 saturated heterocycles. The van der Waals surface area contributed by atoms with Crippen molar-refractivity contribution in [3.63, 3.8) is 0 Å². The highest BCUT2D eigenvalue weighted by Crippen LogP contribution is 2.12. The van der Waals surface area contributed by atoms with E-state index in [0.717, 1.165) is 6.07 Å². The average molecular weight is 253 g/mol. The third-order valence-electron chi connectivity index (χ3n) is 2.67. The molecule has 0 unspecified atom stereocenters. The number of nitrogens with two attached hydrogens (primary N) is 2. The van der Waals surface area contributed by atoms with Gasteiger partial charge in [-0.3, -0.25) is 14.9 Å². The van der Waals surface area contributed by atoms with Crippen molar-refractivity contribution in [1.82, 2.24) is 5.32 Å². The second-order valence-corrected chi connectivity index (χ2v) is 4.51. The van der Waals surface area contributed by atoms with Crippen LogP contribution in [0, 0.1) is 5.82 Å². The molecule has 0 fully saturated rings. The Balaban J connectivity index is 2.81. The number of benzene rings is 1. The van der Waals surface area contributed by atoms with Gasteiger partial charge in [0.15, 0.2) is 0 Å². The molecular weight excluding hydrogens is 237 g/mol. The Labute approximate surface area is 104 Å². The Hall–Kier alpha value is -1.95. The van der Waals surface area contributed by atoms with Gasteiger partial charge in [-0.1, -0.05) is 6.07 Å². The highest BCUT2D eigenvalue weighted by atomic mass is 19.1. The summed E-state index contributed by atoms with van der Waals surface area (Å²) in [5.41, 5.74) is 9.71. The maximum Gasteiger partial charge on any atom is 0.248 e. The highest BCUT2D eigenvalue weighted by Gasteiger charge is 2.24. The van der Waals surface area contributed by atoms with Gasteiger partial charge in [-0.05, 0) is 26.0 Å². The van der Waals surface area contributed by atoms with Crippen molar-refractivity contribution in [3.05, 3.63) is 35.1 Å². The molecule has 1 aromatic carbocycles. The van der Waals surface area contributed by atoms with E-state index >= 15 is 0 Å². The molecule has 0 aliphatic carbocycles. The van der Waals surface area contributed by atoms with Crippen molar-refractivity contribution in [2.24, 2.45) is 11.5 Å². The summed E-state index contributed by atoms with van der Waals surface area (Å²) < 4.78 is 13.6. The molecular formula is C12H16FN3O2. The second kappa shape index (κ2) is 5.14. The fourth-order valence-corrected chi connectivity index (χ4v) is 1.25. The van der Waals surface area contributed by atoms with Gasteiger partial charge in [0, 0.05) is 17.7 Å². The summed E-state index contributed by atoms with van der Waals surface area (Å²) in [5, 5.41) is 2.83. The molecule has 2 amide bonds. The third-order valence-corrected chi connectivity index (χ3v) is 2.67. The van der Waals surface area contributed by atoms with Gasteiger partial charge in [-0.25, -0.2) is 4.39 Å². The first-order valence-electron chi connectivity index (χ1n) is 5.37. The van der Waals surface area contributed by atoms with Crippen LogP contribution in [0.25, 0.3) is 0 Å². The van der Waals surface area contributed by atoms with Crippen LogP contribution >= 0.6 is 0 Å². The van der Waals surface area contributed by atoms with Crippen molar-refractivity contribution in [1.29, 1.82) is 0 Å². The fourth-order valence-electron chi connectivity index (χ4n) is 1.25. The number of hydrogen-bond donors (Lipinski definition) is 3. The smallest absolute Gasteiger partial charge is 0.248 e. The second-order valence-electron chi connectivity index (χ2n) is 4.51. The maximum absolute atomic E-state index is 13.6. The van der Waals surface area contributed by atoms with Crippen LogP contribution in [0.15, 0.2) is 18.2 Å². The SMILES string of the molecule is CC(C)(NCc1ccc(C(N)=O)cc1F)C(N)=O. The van der Waals surface area contributed by atoms with Crippen LogP contribution in [-0.4, -0.2) is 17.4 Å². The van der Waals surface area contributed by atoms with E-state index in [0.29, 0.717) is 5.56 Å². The summed E-state index contributed by atoms with van der Waals surface area (Å²) in [7, 11) is 0. The summed E-state index contributed by atoms with van der Waals surface area (Å²) in [6, 6.07) is 3.94.